The molecule has 0 saturated carbocycles. The highest BCUT2D eigenvalue weighted by atomic mass is 28.4. The lowest BCUT2D eigenvalue weighted by Gasteiger charge is -2.40. The number of carbonyl (C=O) groups is 1. The number of fused-ring (bicyclic) bond motifs is 1. The molecule has 1 aliphatic heterocycles. The van der Waals surface area contributed by atoms with E-state index in [0.29, 0.717) is 18.5 Å². The van der Waals surface area contributed by atoms with Gasteiger partial charge in [0.05, 0.1) is 19.0 Å². The summed E-state index contributed by atoms with van der Waals surface area (Å²) in [6.45, 7) is 24.0. The van der Waals surface area contributed by atoms with Crippen molar-refractivity contribution in [3.8, 4) is 0 Å². The van der Waals surface area contributed by atoms with Crippen LogP contribution in [0.4, 0.5) is 5.95 Å². The molecule has 1 fully saturated rings. The maximum absolute atomic E-state index is 12.9. The Balaban J connectivity index is 1.92. The number of rotatable bonds is 7. The number of imidazole rings is 1. The average molecular weight is 538 g/mol. The topological polar surface area (TPSA) is 120 Å². The van der Waals surface area contributed by atoms with Gasteiger partial charge in [-0.05, 0) is 36.3 Å². The van der Waals surface area contributed by atoms with Gasteiger partial charge in [0.1, 0.15) is 12.3 Å². The smallest absolute Gasteiger partial charge is 0.278 e. The Labute approximate surface area is 215 Å². The first-order chi connectivity index (χ1) is 16.3. The molecular formula is C24H43N5O5Si2. The first-order valence-electron chi connectivity index (χ1n) is 12.5. The van der Waals surface area contributed by atoms with Gasteiger partial charge in [-0.15, -0.1) is 0 Å². The zero-order valence-corrected chi connectivity index (χ0v) is 25.6. The molecule has 1 amide bonds. The van der Waals surface area contributed by atoms with Crippen molar-refractivity contribution >= 4 is 39.7 Å². The lowest BCUT2D eigenvalue weighted by atomic mass is 10.2. The van der Waals surface area contributed by atoms with Crippen molar-refractivity contribution < 1.29 is 18.4 Å². The van der Waals surface area contributed by atoms with Crippen molar-refractivity contribution in [1.82, 2.24) is 19.5 Å². The fourth-order valence-corrected chi connectivity index (χ4v) is 5.98. The fourth-order valence-electron chi connectivity index (χ4n) is 3.60. The van der Waals surface area contributed by atoms with E-state index < -0.39 is 28.4 Å². The molecule has 3 heterocycles. The quantitative estimate of drug-likeness (QED) is 0.488. The molecule has 1 saturated heterocycles. The van der Waals surface area contributed by atoms with Gasteiger partial charge in [-0.3, -0.25) is 24.5 Å². The van der Waals surface area contributed by atoms with Crippen LogP contribution in [-0.4, -0.2) is 60.9 Å². The second kappa shape index (κ2) is 9.78. The van der Waals surface area contributed by atoms with E-state index in [2.05, 4.69) is 88.0 Å². The standard InChI is InChI=1S/C24H43N5O5Si2/c1-15(30)26-22-27-20-19(21(31)28-22)29(14-25-20)18-12-16(34-36(10,11)24(5,6)7)17(33-18)13-32-35(8,9)23(2,3)4/h14,16-18H,12-13H2,1-11H3,(H2,26,27,28,30,31)/t16-,17+,18-/m0/s1. The molecule has 0 spiro atoms. The molecule has 12 heteroatoms. The molecule has 0 bridgehead atoms. The third kappa shape index (κ3) is 5.99. The fraction of sp³-hybridized carbons (Fsp3) is 0.750. The Hall–Kier alpha value is -1.87. The highest BCUT2D eigenvalue weighted by Gasteiger charge is 2.46. The summed E-state index contributed by atoms with van der Waals surface area (Å²) in [4.78, 5) is 35.5. The van der Waals surface area contributed by atoms with E-state index in [9.17, 15) is 9.59 Å². The number of nitrogens with one attached hydrogen (secondary N) is 2. The summed E-state index contributed by atoms with van der Waals surface area (Å²) in [5, 5.41) is 2.62. The summed E-state index contributed by atoms with van der Waals surface area (Å²) in [6.07, 6.45) is 1.23. The van der Waals surface area contributed by atoms with E-state index in [-0.39, 0.29) is 39.8 Å². The summed E-state index contributed by atoms with van der Waals surface area (Å²) in [5.74, 6) is -0.261. The van der Waals surface area contributed by atoms with Crippen LogP contribution in [0.3, 0.4) is 0 Å². The molecule has 2 N–H and O–H groups in total. The summed E-state index contributed by atoms with van der Waals surface area (Å²) in [5.41, 5.74) is 0.146. The molecule has 36 heavy (non-hydrogen) atoms. The molecule has 3 atom stereocenters. The Morgan fingerprint density at radius 3 is 2.33 bits per heavy atom. The molecule has 10 nitrogen and oxygen atoms in total. The van der Waals surface area contributed by atoms with Crippen LogP contribution in [0.1, 0.15) is 61.1 Å². The molecule has 202 valence electrons. The van der Waals surface area contributed by atoms with Crippen molar-refractivity contribution in [2.24, 2.45) is 0 Å². The van der Waals surface area contributed by atoms with Gasteiger partial charge in [0.15, 0.2) is 27.8 Å². The van der Waals surface area contributed by atoms with Crippen LogP contribution < -0.4 is 10.9 Å². The van der Waals surface area contributed by atoms with Gasteiger partial charge < -0.3 is 13.6 Å². The average Bonchev–Trinajstić information content (AvgIpc) is 3.28. The Morgan fingerprint density at radius 2 is 1.78 bits per heavy atom. The monoisotopic (exact) mass is 537 g/mol. The van der Waals surface area contributed by atoms with Crippen LogP contribution in [-0.2, 0) is 18.4 Å². The lowest BCUT2D eigenvalue weighted by Crippen LogP contribution is -2.48. The number of hydrogen-bond acceptors (Lipinski definition) is 7. The highest BCUT2D eigenvalue weighted by Crippen LogP contribution is 2.42. The van der Waals surface area contributed by atoms with Crippen molar-refractivity contribution in [3.05, 3.63) is 16.7 Å². The first kappa shape index (κ1) is 28.7. The maximum Gasteiger partial charge on any atom is 0.278 e. The van der Waals surface area contributed by atoms with Crippen molar-refractivity contribution in [2.45, 2.75) is 110 Å². The molecule has 0 aliphatic carbocycles. The summed E-state index contributed by atoms with van der Waals surface area (Å²) in [6, 6.07) is 0. The minimum absolute atomic E-state index is 0.0405. The number of ether oxygens (including phenoxy) is 1. The second-order valence-electron chi connectivity index (χ2n) is 12.8. The van der Waals surface area contributed by atoms with Gasteiger partial charge >= 0.3 is 0 Å². The third-order valence-electron chi connectivity index (χ3n) is 7.89. The Kier molecular flexibility index (Phi) is 7.80. The molecule has 2 aromatic heterocycles. The highest BCUT2D eigenvalue weighted by molar-refractivity contribution is 6.74. The second-order valence-corrected chi connectivity index (χ2v) is 22.3. The minimum atomic E-state index is -2.10. The molecule has 1 aliphatic rings. The van der Waals surface area contributed by atoms with E-state index in [1.54, 1.807) is 10.9 Å². The molecule has 0 unspecified atom stereocenters. The zero-order valence-electron chi connectivity index (χ0n) is 23.6. The van der Waals surface area contributed by atoms with Crippen LogP contribution in [0, 0.1) is 0 Å². The number of amides is 1. The van der Waals surface area contributed by atoms with Crippen LogP contribution in [0.25, 0.3) is 11.2 Å². The molecule has 2 aromatic rings. The summed E-state index contributed by atoms with van der Waals surface area (Å²) in [7, 11) is -4.10. The zero-order chi connectivity index (χ0) is 27.3. The molecule has 0 aromatic carbocycles. The number of aromatic nitrogens is 4. The predicted molar refractivity (Wildman–Crippen MR) is 146 cm³/mol. The Morgan fingerprint density at radius 1 is 1.17 bits per heavy atom. The number of nitrogens with zero attached hydrogens (tertiary/aromatic N) is 3. The Bertz CT molecular complexity index is 1160. The van der Waals surface area contributed by atoms with Crippen molar-refractivity contribution in [3.63, 3.8) is 0 Å². The number of carbonyl (C=O) groups excluding carboxylic acids is 1. The van der Waals surface area contributed by atoms with Gasteiger partial charge in [0.25, 0.3) is 5.56 Å². The number of aromatic amines is 1. The van der Waals surface area contributed by atoms with Gasteiger partial charge in [0, 0.05) is 13.3 Å². The largest absolute Gasteiger partial charge is 0.414 e. The van der Waals surface area contributed by atoms with E-state index in [4.69, 9.17) is 13.6 Å². The predicted octanol–water partition coefficient (Wildman–Crippen LogP) is 4.78. The maximum atomic E-state index is 12.9. The normalized spacial score (nSPS) is 21.8. The van der Waals surface area contributed by atoms with Gasteiger partial charge in [0.2, 0.25) is 11.9 Å². The number of H-pyrrole nitrogens is 1. The summed E-state index contributed by atoms with van der Waals surface area (Å²) >= 11 is 0. The van der Waals surface area contributed by atoms with E-state index >= 15 is 0 Å². The van der Waals surface area contributed by atoms with Crippen molar-refractivity contribution in [1.29, 1.82) is 0 Å². The van der Waals surface area contributed by atoms with Gasteiger partial charge in [-0.2, -0.15) is 4.98 Å². The number of anilines is 1. The minimum Gasteiger partial charge on any atom is -0.414 e. The van der Waals surface area contributed by atoms with Crippen LogP contribution in [0.5, 0.6) is 0 Å². The van der Waals surface area contributed by atoms with E-state index in [1.807, 2.05) is 0 Å². The van der Waals surface area contributed by atoms with E-state index in [1.165, 1.54) is 6.92 Å². The number of hydrogen-bond donors (Lipinski definition) is 2. The van der Waals surface area contributed by atoms with Gasteiger partial charge in [-0.1, -0.05) is 41.5 Å². The van der Waals surface area contributed by atoms with Crippen molar-refractivity contribution in [2.75, 3.05) is 11.9 Å². The molecule has 0 radical (unpaired) electrons. The summed E-state index contributed by atoms with van der Waals surface area (Å²) < 4.78 is 21.6. The first-order valence-corrected chi connectivity index (χ1v) is 18.4. The van der Waals surface area contributed by atoms with E-state index in [0.717, 1.165) is 0 Å². The molecular weight excluding hydrogens is 494 g/mol. The van der Waals surface area contributed by atoms with Crippen LogP contribution in [0.15, 0.2) is 11.1 Å². The molecule has 3 rings (SSSR count). The SMILES string of the molecule is CC(=O)Nc1nc2ncn([C@@H]3C[C@H](O[Si](C)(C)C(C)(C)C)[C@@H](CO[Si](C)(C)C(C)(C)C)O3)c2c(=O)[nH]1. The van der Waals surface area contributed by atoms with Gasteiger partial charge in [-0.25, -0.2) is 4.98 Å². The van der Waals surface area contributed by atoms with Crippen LogP contribution in [0.2, 0.25) is 36.3 Å². The lowest BCUT2D eigenvalue weighted by molar-refractivity contribution is -0.114. The third-order valence-corrected chi connectivity index (χ3v) is 16.9. The van der Waals surface area contributed by atoms with Crippen LogP contribution >= 0.6 is 0 Å².